The van der Waals surface area contributed by atoms with Gasteiger partial charge in [0.1, 0.15) is 23.1 Å². The van der Waals surface area contributed by atoms with Crippen LogP contribution < -0.4 is 5.56 Å². The first-order valence-electron chi connectivity index (χ1n) is 7.96. The number of aromatic amines is 1. The molecule has 0 aliphatic heterocycles. The maximum atomic E-state index is 12.2. The number of ether oxygens (including phenoxy) is 1. The molecule has 0 aliphatic rings. The molecule has 0 saturated heterocycles. The molecule has 27 heavy (non-hydrogen) atoms. The average molecular weight is 373 g/mol. The summed E-state index contributed by atoms with van der Waals surface area (Å²) >= 11 is 0. The minimum Gasteiger partial charge on any atom is -0.493 e. The number of hydrogen-bond acceptors (Lipinski definition) is 9. The van der Waals surface area contributed by atoms with Crippen LogP contribution in [-0.2, 0) is 21.5 Å². The molecule has 2 aromatic heterocycles. The zero-order valence-electron chi connectivity index (χ0n) is 15.3. The second-order valence-electron chi connectivity index (χ2n) is 6.61. The zero-order chi connectivity index (χ0) is 20.2. The Balaban J connectivity index is 2.39. The van der Waals surface area contributed by atoms with Crippen molar-refractivity contribution in [3.63, 3.8) is 0 Å². The maximum absolute atomic E-state index is 12.2. The summed E-state index contributed by atoms with van der Waals surface area (Å²) in [5, 5.41) is 34.9. The van der Waals surface area contributed by atoms with Gasteiger partial charge in [-0.2, -0.15) is 5.26 Å². The van der Waals surface area contributed by atoms with Gasteiger partial charge >= 0.3 is 5.97 Å². The normalized spacial score (nSPS) is 11.5. The lowest BCUT2D eigenvalue weighted by Crippen LogP contribution is -2.23. The van der Waals surface area contributed by atoms with E-state index in [4.69, 9.17) is 5.26 Å². The predicted molar refractivity (Wildman–Crippen MR) is 93.0 cm³/mol. The van der Waals surface area contributed by atoms with Crippen LogP contribution >= 0.6 is 0 Å². The van der Waals surface area contributed by atoms with Gasteiger partial charge in [0, 0.05) is 12.0 Å². The molecule has 11 nitrogen and oxygen atoms in total. The minimum atomic E-state index is -0.743. The van der Waals surface area contributed by atoms with Gasteiger partial charge in [-0.3, -0.25) is 14.2 Å². The summed E-state index contributed by atoms with van der Waals surface area (Å²) < 4.78 is 5.38. The van der Waals surface area contributed by atoms with E-state index in [9.17, 15) is 14.7 Å². The highest BCUT2D eigenvalue weighted by Crippen LogP contribution is 2.27. The molecule has 2 N–H and O–H groups in total. The van der Waals surface area contributed by atoms with Gasteiger partial charge in [0.25, 0.3) is 11.5 Å². The quantitative estimate of drug-likeness (QED) is 0.597. The van der Waals surface area contributed by atoms with E-state index in [0.29, 0.717) is 5.82 Å². The van der Waals surface area contributed by atoms with Gasteiger partial charge in [-0.1, -0.05) is 20.8 Å². The molecule has 0 atom stereocenters. The molecule has 0 spiro atoms. The standard InChI is InChI=1S/C16H19N7O4/c1-16(2,3)14-18-15(22-20-14)21-19-10-7-9(8-17)12(25)23(13(10)26)6-5-11(24)27-4/h7,26H,5-6H2,1-4H3,(H,18,20,22). The molecule has 2 aromatic rings. The van der Waals surface area contributed by atoms with Crippen molar-refractivity contribution in [1.82, 2.24) is 19.7 Å². The fraction of sp³-hybridized carbons (Fsp3) is 0.438. The van der Waals surface area contributed by atoms with Gasteiger partial charge in [0.15, 0.2) is 0 Å². The van der Waals surface area contributed by atoms with Gasteiger partial charge in [0.2, 0.25) is 5.88 Å². The van der Waals surface area contributed by atoms with Crippen LogP contribution in [0, 0.1) is 11.3 Å². The summed E-state index contributed by atoms with van der Waals surface area (Å²) in [6.45, 7) is 5.65. The highest BCUT2D eigenvalue weighted by Gasteiger charge is 2.19. The third-order valence-electron chi connectivity index (χ3n) is 3.57. The third-order valence-corrected chi connectivity index (χ3v) is 3.57. The first-order valence-corrected chi connectivity index (χ1v) is 7.96. The number of nitrogens with one attached hydrogen (secondary N) is 1. The smallest absolute Gasteiger partial charge is 0.307 e. The number of aromatic hydroxyl groups is 1. The van der Waals surface area contributed by atoms with E-state index in [-0.39, 0.29) is 35.6 Å². The van der Waals surface area contributed by atoms with Crippen LogP contribution in [0.1, 0.15) is 38.6 Å². The van der Waals surface area contributed by atoms with E-state index >= 15 is 0 Å². The first-order chi connectivity index (χ1) is 12.7. The lowest BCUT2D eigenvalue weighted by Gasteiger charge is -2.12. The first kappa shape index (κ1) is 19.8. The van der Waals surface area contributed by atoms with Crippen molar-refractivity contribution in [2.45, 2.75) is 39.2 Å². The van der Waals surface area contributed by atoms with Crippen molar-refractivity contribution < 1.29 is 14.6 Å². The van der Waals surface area contributed by atoms with E-state index in [1.165, 1.54) is 7.11 Å². The molecule has 0 saturated carbocycles. The van der Waals surface area contributed by atoms with Crippen LogP contribution in [0.15, 0.2) is 21.1 Å². The number of carbonyl (C=O) groups excluding carboxylic acids is 1. The number of esters is 1. The highest BCUT2D eigenvalue weighted by molar-refractivity contribution is 5.69. The third kappa shape index (κ3) is 4.55. The fourth-order valence-electron chi connectivity index (χ4n) is 2.05. The number of nitriles is 1. The van der Waals surface area contributed by atoms with Crippen molar-refractivity contribution in [2.75, 3.05) is 7.11 Å². The second-order valence-corrected chi connectivity index (χ2v) is 6.61. The number of azo groups is 1. The van der Waals surface area contributed by atoms with Gasteiger partial charge in [0.05, 0.1) is 13.5 Å². The van der Waals surface area contributed by atoms with Gasteiger partial charge in [-0.15, -0.1) is 20.4 Å². The molecular weight excluding hydrogens is 354 g/mol. The molecule has 142 valence electrons. The lowest BCUT2D eigenvalue weighted by molar-refractivity contribution is -0.140. The predicted octanol–water partition coefficient (Wildman–Crippen LogP) is 1.82. The summed E-state index contributed by atoms with van der Waals surface area (Å²) in [7, 11) is 1.21. The Bertz CT molecular complexity index is 976. The number of aromatic nitrogens is 4. The number of hydrogen-bond donors (Lipinski definition) is 2. The molecule has 0 amide bonds. The molecule has 0 aromatic carbocycles. The van der Waals surface area contributed by atoms with E-state index in [0.717, 1.165) is 10.6 Å². The van der Waals surface area contributed by atoms with Gasteiger partial charge in [-0.25, -0.2) is 0 Å². The summed E-state index contributed by atoms with van der Waals surface area (Å²) in [5.41, 5.74) is -1.38. The number of methoxy groups -OCH3 is 1. The highest BCUT2D eigenvalue weighted by atomic mass is 16.5. The van der Waals surface area contributed by atoms with E-state index in [2.05, 4.69) is 30.1 Å². The molecule has 0 unspecified atom stereocenters. The molecule has 11 heteroatoms. The number of H-pyrrole nitrogens is 1. The molecule has 0 bridgehead atoms. The summed E-state index contributed by atoms with van der Waals surface area (Å²) in [5.74, 6) is -0.392. The van der Waals surface area contributed by atoms with Crippen molar-refractivity contribution >= 4 is 17.6 Å². The largest absolute Gasteiger partial charge is 0.493 e. The summed E-state index contributed by atoms with van der Waals surface area (Å²) in [6.07, 6.45) is -0.160. The molecule has 0 radical (unpaired) electrons. The van der Waals surface area contributed by atoms with Crippen LogP contribution in [0.4, 0.5) is 11.6 Å². The summed E-state index contributed by atoms with van der Waals surface area (Å²) in [6, 6.07) is 2.84. The molecular formula is C16H19N7O4. The van der Waals surface area contributed by atoms with Crippen LogP contribution in [0.2, 0.25) is 0 Å². The Labute approximate surface area is 154 Å². The van der Waals surface area contributed by atoms with Crippen LogP contribution in [0.3, 0.4) is 0 Å². The Morgan fingerprint density at radius 2 is 2.11 bits per heavy atom. The molecule has 2 rings (SSSR count). The molecule has 2 heterocycles. The van der Waals surface area contributed by atoms with Crippen LogP contribution in [0.25, 0.3) is 0 Å². The summed E-state index contributed by atoms with van der Waals surface area (Å²) in [4.78, 5) is 26.4. The van der Waals surface area contributed by atoms with Crippen molar-refractivity contribution in [2.24, 2.45) is 10.2 Å². The van der Waals surface area contributed by atoms with Gasteiger partial charge < -0.3 is 14.8 Å². The molecule has 0 aliphatic carbocycles. The van der Waals surface area contributed by atoms with E-state index in [1.807, 2.05) is 20.8 Å². The second kappa shape index (κ2) is 7.77. The number of pyridine rings is 1. The van der Waals surface area contributed by atoms with E-state index in [1.54, 1.807) is 6.07 Å². The Kier molecular flexibility index (Phi) is 5.69. The fourth-order valence-corrected chi connectivity index (χ4v) is 2.05. The van der Waals surface area contributed by atoms with Crippen LogP contribution in [0.5, 0.6) is 5.88 Å². The Morgan fingerprint density at radius 1 is 1.41 bits per heavy atom. The van der Waals surface area contributed by atoms with Crippen molar-refractivity contribution in [3.8, 4) is 11.9 Å². The van der Waals surface area contributed by atoms with Crippen LogP contribution in [-0.4, -0.2) is 37.9 Å². The zero-order valence-corrected chi connectivity index (χ0v) is 15.3. The average Bonchev–Trinajstić information content (AvgIpc) is 3.10. The van der Waals surface area contributed by atoms with Crippen molar-refractivity contribution in [1.29, 1.82) is 5.26 Å². The maximum Gasteiger partial charge on any atom is 0.307 e. The Hall–Kier alpha value is -3.55. The Morgan fingerprint density at radius 3 is 2.67 bits per heavy atom. The topological polar surface area (TPSA) is 159 Å². The number of nitrogens with zero attached hydrogens (tertiary/aromatic N) is 6. The van der Waals surface area contributed by atoms with Crippen molar-refractivity contribution in [3.05, 3.63) is 27.8 Å². The minimum absolute atomic E-state index is 0.102. The number of carbonyl (C=O) groups is 1. The lowest BCUT2D eigenvalue weighted by atomic mass is 9.96. The monoisotopic (exact) mass is 373 g/mol. The molecule has 0 fully saturated rings. The number of rotatable bonds is 5. The van der Waals surface area contributed by atoms with Gasteiger partial charge in [-0.05, 0) is 6.07 Å². The van der Waals surface area contributed by atoms with E-state index < -0.39 is 17.4 Å². The SMILES string of the molecule is COC(=O)CCn1c(O)c(N=Nc2nnc(C(C)(C)C)[nH]2)cc(C#N)c1=O.